The Morgan fingerprint density at radius 3 is 2.48 bits per heavy atom. The van der Waals surface area contributed by atoms with Gasteiger partial charge in [-0.25, -0.2) is 8.42 Å². The smallest absolute Gasteiger partial charge is 0.261 e. The number of carbonyl (C=O) groups excluding carboxylic acids is 1. The summed E-state index contributed by atoms with van der Waals surface area (Å²) in [5.41, 5.74) is 0.526. The summed E-state index contributed by atoms with van der Waals surface area (Å²) in [6, 6.07) is 12.5. The SMILES string of the molecule is CCCCCNC(=O)c1cc(NS(=O)(=O)c2ccccc2)ccc1Cl. The largest absolute Gasteiger partial charge is 0.352 e. The number of carbonyl (C=O) groups is 1. The van der Waals surface area contributed by atoms with Gasteiger partial charge in [0.15, 0.2) is 0 Å². The van der Waals surface area contributed by atoms with Gasteiger partial charge in [0, 0.05) is 12.2 Å². The predicted octanol–water partition coefficient (Wildman–Crippen LogP) is 4.06. The normalized spacial score (nSPS) is 11.1. The van der Waals surface area contributed by atoms with Gasteiger partial charge in [-0.1, -0.05) is 49.6 Å². The number of amides is 1. The summed E-state index contributed by atoms with van der Waals surface area (Å²) >= 11 is 6.08. The van der Waals surface area contributed by atoms with Crippen molar-refractivity contribution in [2.24, 2.45) is 0 Å². The lowest BCUT2D eigenvalue weighted by molar-refractivity contribution is 0.0953. The van der Waals surface area contributed by atoms with Gasteiger partial charge >= 0.3 is 0 Å². The van der Waals surface area contributed by atoms with Gasteiger partial charge in [0.05, 0.1) is 15.5 Å². The lowest BCUT2D eigenvalue weighted by Gasteiger charge is -2.11. The third-order valence-electron chi connectivity index (χ3n) is 3.58. The van der Waals surface area contributed by atoms with Gasteiger partial charge in [-0.3, -0.25) is 9.52 Å². The van der Waals surface area contributed by atoms with E-state index in [0.717, 1.165) is 19.3 Å². The zero-order valence-corrected chi connectivity index (χ0v) is 15.5. The van der Waals surface area contributed by atoms with Gasteiger partial charge in [0.1, 0.15) is 0 Å². The summed E-state index contributed by atoms with van der Waals surface area (Å²) in [5, 5.41) is 3.07. The molecular formula is C18H21ClN2O3S. The molecule has 0 aliphatic carbocycles. The Balaban J connectivity index is 2.14. The number of rotatable bonds is 8. The van der Waals surface area contributed by atoms with Gasteiger partial charge in [-0.05, 0) is 36.8 Å². The lowest BCUT2D eigenvalue weighted by Crippen LogP contribution is -2.25. The van der Waals surface area contributed by atoms with Crippen LogP contribution in [-0.2, 0) is 10.0 Å². The first-order valence-electron chi connectivity index (χ1n) is 8.09. The highest BCUT2D eigenvalue weighted by Crippen LogP contribution is 2.23. The number of anilines is 1. The molecule has 0 saturated carbocycles. The first-order chi connectivity index (χ1) is 11.9. The first-order valence-corrected chi connectivity index (χ1v) is 9.96. The second-order valence-corrected chi connectivity index (χ2v) is 7.67. The van der Waals surface area contributed by atoms with E-state index in [1.807, 2.05) is 0 Å². The second kappa shape index (κ2) is 8.87. The minimum atomic E-state index is -3.72. The Morgan fingerprint density at radius 2 is 1.80 bits per heavy atom. The van der Waals surface area contributed by atoms with E-state index in [4.69, 9.17) is 11.6 Å². The zero-order chi connectivity index (χ0) is 18.3. The molecule has 0 fully saturated rings. The number of hydrogen-bond acceptors (Lipinski definition) is 3. The van der Waals surface area contributed by atoms with Crippen LogP contribution in [0.3, 0.4) is 0 Å². The Labute approximate surface area is 153 Å². The highest BCUT2D eigenvalue weighted by molar-refractivity contribution is 7.92. The maximum atomic E-state index is 12.4. The molecule has 0 unspecified atom stereocenters. The van der Waals surface area contributed by atoms with E-state index in [0.29, 0.717) is 6.54 Å². The number of halogens is 1. The fourth-order valence-electron chi connectivity index (χ4n) is 2.25. The number of hydrogen-bond donors (Lipinski definition) is 2. The van der Waals surface area contributed by atoms with E-state index in [-0.39, 0.29) is 27.1 Å². The summed E-state index contributed by atoms with van der Waals surface area (Å²) in [7, 11) is -3.72. The van der Waals surface area contributed by atoms with Gasteiger partial charge in [-0.15, -0.1) is 0 Å². The van der Waals surface area contributed by atoms with Gasteiger partial charge < -0.3 is 5.32 Å². The van der Waals surface area contributed by atoms with Gasteiger partial charge in [0.2, 0.25) is 0 Å². The lowest BCUT2D eigenvalue weighted by atomic mass is 10.2. The molecule has 5 nitrogen and oxygen atoms in total. The van der Waals surface area contributed by atoms with Crippen molar-refractivity contribution < 1.29 is 13.2 Å². The van der Waals surface area contributed by atoms with Crippen molar-refractivity contribution in [3.05, 3.63) is 59.1 Å². The molecule has 0 heterocycles. The molecule has 0 bridgehead atoms. The fourth-order valence-corrected chi connectivity index (χ4v) is 3.52. The van der Waals surface area contributed by atoms with Crippen molar-refractivity contribution in [2.75, 3.05) is 11.3 Å². The molecule has 0 atom stereocenters. The number of nitrogens with one attached hydrogen (secondary N) is 2. The third kappa shape index (κ3) is 5.47. The fraction of sp³-hybridized carbons (Fsp3) is 0.278. The molecule has 0 saturated heterocycles. The Bertz CT molecular complexity index is 823. The molecule has 0 spiro atoms. The molecule has 0 aliphatic rings. The molecule has 7 heteroatoms. The van der Waals surface area contributed by atoms with E-state index in [1.54, 1.807) is 18.2 Å². The number of benzene rings is 2. The number of unbranched alkanes of at least 4 members (excludes halogenated alkanes) is 2. The van der Waals surface area contributed by atoms with Crippen LogP contribution in [0.4, 0.5) is 5.69 Å². The van der Waals surface area contributed by atoms with E-state index >= 15 is 0 Å². The molecule has 1 amide bonds. The highest BCUT2D eigenvalue weighted by atomic mass is 35.5. The van der Waals surface area contributed by atoms with Crippen molar-refractivity contribution >= 4 is 33.2 Å². The molecule has 0 aliphatic heterocycles. The number of sulfonamides is 1. The van der Waals surface area contributed by atoms with Crippen LogP contribution >= 0.6 is 11.6 Å². The summed E-state index contributed by atoms with van der Waals surface area (Å²) in [5.74, 6) is -0.318. The third-order valence-corrected chi connectivity index (χ3v) is 5.31. The van der Waals surface area contributed by atoms with Crippen molar-refractivity contribution in [3.8, 4) is 0 Å². The molecule has 2 aromatic carbocycles. The molecular weight excluding hydrogens is 360 g/mol. The van der Waals surface area contributed by atoms with Gasteiger partial charge in [-0.2, -0.15) is 0 Å². The van der Waals surface area contributed by atoms with Crippen LogP contribution in [0.25, 0.3) is 0 Å². The van der Waals surface area contributed by atoms with Crippen LogP contribution in [0.15, 0.2) is 53.4 Å². The van der Waals surface area contributed by atoms with Crippen molar-refractivity contribution in [3.63, 3.8) is 0 Å². The molecule has 0 aromatic heterocycles. The average molecular weight is 381 g/mol. The molecule has 25 heavy (non-hydrogen) atoms. The topological polar surface area (TPSA) is 75.3 Å². The summed E-state index contributed by atoms with van der Waals surface area (Å²) in [4.78, 5) is 12.4. The van der Waals surface area contributed by atoms with Crippen LogP contribution < -0.4 is 10.0 Å². The Morgan fingerprint density at radius 1 is 1.08 bits per heavy atom. The van der Waals surface area contributed by atoms with Crippen molar-refractivity contribution in [1.29, 1.82) is 0 Å². The Hall–Kier alpha value is -2.05. The van der Waals surface area contributed by atoms with Crippen LogP contribution in [0, 0.1) is 0 Å². The summed E-state index contributed by atoms with van der Waals surface area (Å²) in [6.07, 6.45) is 2.98. The molecule has 2 rings (SSSR count). The maximum absolute atomic E-state index is 12.4. The molecule has 2 aromatic rings. The minimum absolute atomic E-state index is 0.149. The zero-order valence-electron chi connectivity index (χ0n) is 14.0. The second-order valence-electron chi connectivity index (χ2n) is 5.58. The van der Waals surface area contributed by atoms with E-state index in [9.17, 15) is 13.2 Å². The van der Waals surface area contributed by atoms with E-state index in [1.165, 1.54) is 30.3 Å². The molecule has 0 radical (unpaired) electrons. The maximum Gasteiger partial charge on any atom is 0.261 e. The van der Waals surface area contributed by atoms with Crippen molar-refractivity contribution in [1.82, 2.24) is 5.32 Å². The van der Waals surface area contributed by atoms with Crippen LogP contribution in [-0.4, -0.2) is 20.9 Å². The standard InChI is InChI=1S/C18H21ClN2O3S/c1-2-3-7-12-20-18(22)16-13-14(10-11-17(16)19)21-25(23,24)15-8-5-4-6-9-15/h4-6,8-11,13,21H,2-3,7,12H2,1H3,(H,20,22). The van der Waals surface area contributed by atoms with Crippen LogP contribution in [0.1, 0.15) is 36.5 Å². The first kappa shape index (κ1) is 19.3. The van der Waals surface area contributed by atoms with Crippen molar-refractivity contribution in [2.45, 2.75) is 31.1 Å². The monoisotopic (exact) mass is 380 g/mol. The van der Waals surface area contributed by atoms with Crippen LogP contribution in [0.5, 0.6) is 0 Å². The van der Waals surface area contributed by atoms with E-state index in [2.05, 4.69) is 17.0 Å². The minimum Gasteiger partial charge on any atom is -0.352 e. The molecule has 2 N–H and O–H groups in total. The van der Waals surface area contributed by atoms with E-state index < -0.39 is 10.0 Å². The van der Waals surface area contributed by atoms with Crippen LogP contribution in [0.2, 0.25) is 5.02 Å². The quantitative estimate of drug-likeness (QED) is 0.678. The van der Waals surface area contributed by atoms with Gasteiger partial charge in [0.25, 0.3) is 15.9 Å². The predicted molar refractivity (Wildman–Crippen MR) is 101 cm³/mol. The summed E-state index contributed by atoms with van der Waals surface area (Å²) < 4.78 is 27.2. The summed E-state index contributed by atoms with van der Waals surface area (Å²) in [6.45, 7) is 2.64. The average Bonchev–Trinajstić information content (AvgIpc) is 2.61. The Kier molecular flexibility index (Phi) is 6.84. The molecule has 134 valence electrons. The highest BCUT2D eigenvalue weighted by Gasteiger charge is 2.16.